The molecule has 0 fully saturated rings. The Hall–Kier alpha value is -2.33. The average molecular weight is 285 g/mol. The van der Waals surface area contributed by atoms with Crippen LogP contribution in [0.2, 0.25) is 0 Å². The van der Waals surface area contributed by atoms with Crippen LogP contribution in [0.3, 0.4) is 0 Å². The molecule has 0 heterocycles. The van der Waals surface area contributed by atoms with Gasteiger partial charge >= 0.3 is 5.97 Å². The van der Waals surface area contributed by atoms with Crippen molar-refractivity contribution in [3.63, 3.8) is 0 Å². The second-order valence-corrected chi connectivity index (χ2v) is 4.79. The van der Waals surface area contributed by atoms with Gasteiger partial charge < -0.3 is 15.6 Å². The maximum atomic E-state index is 11.1. The van der Waals surface area contributed by atoms with Crippen LogP contribution in [-0.2, 0) is 4.74 Å². The molecule has 0 radical (unpaired) electrons. The van der Waals surface area contributed by atoms with Gasteiger partial charge in [0.2, 0.25) is 0 Å². The number of ether oxygens (including phenoxy) is 1. The molecule has 110 valence electrons. The Morgan fingerprint density at radius 3 is 2.48 bits per heavy atom. The van der Waals surface area contributed by atoms with Gasteiger partial charge in [0, 0.05) is 12.3 Å². The number of carboxylic acids is 1. The third-order valence-electron chi connectivity index (χ3n) is 3.51. The van der Waals surface area contributed by atoms with Crippen LogP contribution in [0.1, 0.15) is 40.1 Å². The standard InChI is InChI=1S/C17H19NO3/c1-3-21-16(12-7-5-4-6-8-12)13-9-10-14(17(19)20)15(18)11(13)2/h4-10,16H,3,18H2,1-2H3,(H,19,20). The fourth-order valence-corrected chi connectivity index (χ4v) is 2.38. The Kier molecular flexibility index (Phi) is 4.60. The van der Waals surface area contributed by atoms with Crippen LogP contribution < -0.4 is 5.73 Å². The Morgan fingerprint density at radius 1 is 1.24 bits per heavy atom. The van der Waals surface area contributed by atoms with Crippen LogP contribution in [0.4, 0.5) is 5.69 Å². The van der Waals surface area contributed by atoms with E-state index in [1.807, 2.05) is 44.2 Å². The monoisotopic (exact) mass is 285 g/mol. The molecule has 0 bridgehead atoms. The number of rotatable bonds is 5. The first-order valence-corrected chi connectivity index (χ1v) is 6.85. The molecule has 4 nitrogen and oxygen atoms in total. The molecular formula is C17H19NO3. The van der Waals surface area contributed by atoms with Crippen molar-refractivity contribution in [2.45, 2.75) is 20.0 Å². The van der Waals surface area contributed by atoms with Crippen LogP contribution >= 0.6 is 0 Å². The fourth-order valence-electron chi connectivity index (χ4n) is 2.38. The van der Waals surface area contributed by atoms with E-state index in [1.165, 1.54) is 6.07 Å². The van der Waals surface area contributed by atoms with Crippen molar-refractivity contribution in [1.82, 2.24) is 0 Å². The Balaban J connectivity index is 2.52. The number of anilines is 1. The molecule has 2 rings (SSSR count). The molecule has 2 aromatic carbocycles. The summed E-state index contributed by atoms with van der Waals surface area (Å²) in [5, 5.41) is 9.13. The highest BCUT2D eigenvalue weighted by Gasteiger charge is 2.20. The predicted molar refractivity (Wildman–Crippen MR) is 82.5 cm³/mol. The lowest BCUT2D eigenvalue weighted by Crippen LogP contribution is -2.12. The molecule has 21 heavy (non-hydrogen) atoms. The minimum Gasteiger partial charge on any atom is -0.478 e. The van der Waals surface area contributed by atoms with Crippen LogP contribution in [0.25, 0.3) is 0 Å². The molecule has 2 aromatic rings. The molecule has 1 unspecified atom stereocenters. The molecule has 1 atom stereocenters. The third kappa shape index (κ3) is 3.06. The van der Waals surface area contributed by atoms with E-state index in [0.29, 0.717) is 12.3 Å². The summed E-state index contributed by atoms with van der Waals surface area (Å²) in [7, 11) is 0. The summed E-state index contributed by atoms with van der Waals surface area (Å²) in [6, 6.07) is 13.1. The topological polar surface area (TPSA) is 72.5 Å². The number of carbonyl (C=O) groups is 1. The first-order chi connectivity index (χ1) is 10.1. The molecule has 0 aliphatic heterocycles. The fraction of sp³-hybridized carbons (Fsp3) is 0.235. The maximum absolute atomic E-state index is 11.1. The lowest BCUT2D eigenvalue weighted by Gasteiger charge is -2.21. The quantitative estimate of drug-likeness (QED) is 0.826. The normalized spacial score (nSPS) is 12.1. The van der Waals surface area contributed by atoms with E-state index in [4.69, 9.17) is 15.6 Å². The van der Waals surface area contributed by atoms with Crippen molar-refractivity contribution in [2.24, 2.45) is 0 Å². The van der Waals surface area contributed by atoms with Crippen LogP contribution in [-0.4, -0.2) is 17.7 Å². The Morgan fingerprint density at radius 2 is 1.90 bits per heavy atom. The summed E-state index contributed by atoms with van der Waals surface area (Å²) < 4.78 is 5.85. The van der Waals surface area contributed by atoms with E-state index in [0.717, 1.165) is 16.7 Å². The van der Waals surface area contributed by atoms with Crippen molar-refractivity contribution in [2.75, 3.05) is 12.3 Å². The van der Waals surface area contributed by atoms with Crippen LogP contribution in [0, 0.1) is 6.92 Å². The molecular weight excluding hydrogens is 266 g/mol. The number of hydrogen-bond acceptors (Lipinski definition) is 3. The summed E-state index contributed by atoms with van der Waals surface area (Å²) in [5.41, 5.74) is 9.04. The molecule has 0 amide bonds. The summed E-state index contributed by atoms with van der Waals surface area (Å²) in [5.74, 6) is -1.02. The number of aromatic carboxylic acids is 1. The largest absolute Gasteiger partial charge is 0.478 e. The van der Waals surface area contributed by atoms with E-state index in [9.17, 15) is 4.79 Å². The second-order valence-electron chi connectivity index (χ2n) is 4.79. The van der Waals surface area contributed by atoms with Gasteiger partial charge in [0.05, 0.1) is 5.56 Å². The highest BCUT2D eigenvalue weighted by Crippen LogP contribution is 2.32. The van der Waals surface area contributed by atoms with Gasteiger partial charge in [-0.1, -0.05) is 36.4 Å². The molecule has 4 heteroatoms. The molecule has 0 aliphatic carbocycles. The third-order valence-corrected chi connectivity index (χ3v) is 3.51. The lowest BCUT2D eigenvalue weighted by molar-refractivity contribution is 0.0697. The van der Waals surface area contributed by atoms with Crippen LogP contribution in [0.5, 0.6) is 0 Å². The highest BCUT2D eigenvalue weighted by atomic mass is 16.5. The van der Waals surface area contributed by atoms with Gasteiger partial charge in [-0.15, -0.1) is 0 Å². The van der Waals surface area contributed by atoms with Gasteiger partial charge in [-0.3, -0.25) is 0 Å². The van der Waals surface area contributed by atoms with Crippen LogP contribution in [0.15, 0.2) is 42.5 Å². The van der Waals surface area contributed by atoms with Gasteiger partial charge in [0.1, 0.15) is 6.10 Å². The van der Waals surface area contributed by atoms with Gasteiger partial charge in [0.25, 0.3) is 0 Å². The van der Waals surface area contributed by atoms with Crippen molar-refractivity contribution < 1.29 is 14.6 Å². The molecule has 0 saturated heterocycles. The van der Waals surface area contributed by atoms with E-state index < -0.39 is 5.97 Å². The maximum Gasteiger partial charge on any atom is 0.337 e. The van der Waals surface area contributed by atoms with E-state index in [2.05, 4.69) is 0 Å². The van der Waals surface area contributed by atoms with Gasteiger partial charge in [-0.05, 0) is 36.6 Å². The number of nitrogen functional groups attached to an aromatic ring is 1. The van der Waals surface area contributed by atoms with Gasteiger partial charge in [-0.2, -0.15) is 0 Å². The van der Waals surface area contributed by atoms with E-state index >= 15 is 0 Å². The molecule has 3 N–H and O–H groups in total. The zero-order valence-electron chi connectivity index (χ0n) is 12.2. The minimum atomic E-state index is -1.02. The van der Waals surface area contributed by atoms with E-state index in [-0.39, 0.29) is 11.7 Å². The zero-order valence-corrected chi connectivity index (χ0v) is 12.2. The Bertz CT molecular complexity index is 638. The lowest BCUT2D eigenvalue weighted by atomic mass is 9.94. The number of benzene rings is 2. The van der Waals surface area contributed by atoms with Crippen molar-refractivity contribution in [3.8, 4) is 0 Å². The first kappa shape index (κ1) is 15.1. The first-order valence-electron chi connectivity index (χ1n) is 6.85. The smallest absolute Gasteiger partial charge is 0.337 e. The van der Waals surface area contributed by atoms with Crippen molar-refractivity contribution >= 4 is 11.7 Å². The van der Waals surface area contributed by atoms with E-state index in [1.54, 1.807) is 6.07 Å². The SMILES string of the molecule is CCOC(c1ccccc1)c1ccc(C(=O)O)c(N)c1C. The summed E-state index contributed by atoms with van der Waals surface area (Å²) in [4.78, 5) is 11.1. The average Bonchev–Trinajstić information content (AvgIpc) is 2.48. The minimum absolute atomic E-state index is 0.125. The zero-order chi connectivity index (χ0) is 15.4. The summed E-state index contributed by atoms with van der Waals surface area (Å²) >= 11 is 0. The summed E-state index contributed by atoms with van der Waals surface area (Å²) in [6.07, 6.45) is -0.249. The number of hydrogen-bond donors (Lipinski definition) is 2. The molecule has 0 saturated carbocycles. The molecule has 0 aliphatic rings. The molecule has 0 aromatic heterocycles. The van der Waals surface area contributed by atoms with Crippen molar-refractivity contribution in [1.29, 1.82) is 0 Å². The van der Waals surface area contributed by atoms with Gasteiger partial charge in [-0.25, -0.2) is 4.79 Å². The number of carboxylic acid groups (broad SMARTS) is 1. The summed E-state index contributed by atoms with van der Waals surface area (Å²) in [6.45, 7) is 4.31. The van der Waals surface area contributed by atoms with Gasteiger partial charge in [0.15, 0.2) is 0 Å². The van der Waals surface area contributed by atoms with Crippen molar-refractivity contribution in [3.05, 3.63) is 64.7 Å². The molecule has 0 spiro atoms. The predicted octanol–water partition coefficient (Wildman–Crippen LogP) is 3.40. The second kappa shape index (κ2) is 6.41. The number of nitrogens with two attached hydrogens (primary N) is 1. The highest BCUT2D eigenvalue weighted by molar-refractivity contribution is 5.94. The Labute approximate surface area is 124 Å².